The molecule has 0 amide bonds. The second-order valence-corrected chi connectivity index (χ2v) is 2.48. The number of para-hydroxylation sites is 1. The van der Waals surface area contributed by atoms with Crippen molar-refractivity contribution in [2.24, 2.45) is 0 Å². The van der Waals surface area contributed by atoms with Gasteiger partial charge in [-0.05, 0) is 24.4 Å². The molecule has 0 saturated carbocycles. The second kappa shape index (κ2) is 7.55. The van der Waals surface area contributed by atoms with Gasteiger partial charge in [0.15, 0.2) is 5.11 Å². The molecule has 0 fully saturated rings. The van der Waals surface area contributed by atoms with Gasteiger partial charge in [0, 0.05) is 12.7 Å². The number of anilines is 1. The van der Waals surface area contributed by atoms with Crippen LogP contribution in [0, 0.1) is 0 Å². The summed E-state index contributed by atoms with van der Waals surface area (Å²) in [5, 5.41) is 6.48. The summed E-state index contributed by atoms with van der Waals surface area (Å²) in [6.07, 6.45) is 0. The number of nitrogens with one attached hydrogen (secondary N) is 2. The topological polar surface area (TPSA) is 24.1 Å². The fraction of sp³-hybridized carbons (Fsp3) is 0.300. The van der Waals surface area contributed by atoms with Gasteiger partial charge < -0.3 is 10.6 Å². The maximum Gasteiger partial charge on any atom is 0.170 e. The highest BCUT2D eigenvalue weighted by atomic mass is 32.1. The minimum Gasteiger partial charge on any atom is -0.366 e. The van der Waals surface area contributed by atoms with Crippen LogP contribution >= 0.6 is 12.2 Å². The van der Waals surface area contributed by atoms with Gasteiger partial charge in [0.2, 0.25) is 0 Å². The first kappa shape index (κ1) is 11.9. The lowest BCUT2D eigenvalue weighted by Gasteiger charge is -2.05. The Bertz CT molecular complexity index is 234. The van der Waals surface area contributed by atoms with Gasteiger partial charge in [-0.1, -0.05) is 32.0 Å². The van der Waals surface area contributed by atoms with E-state index < -0.39 is 0 Å². The molecular weight excluding hydrogens is 180 g/mol. The maximum absolute atomic E-state index is 4.92. The van der Waals surface area contributed by atoms with E-state index in [0.29, 0.717) is 5.11 Å². The van der Waals surface area contributed by atoms with E-state index in [1.807, 2.05) is 44.2 Å². The molecule has 1 aromatic rings. The molecule has 0 atom stereocenters. The lowest BCUT2D eigenvalue weighted by atomic mass is 10.3. The Morgan fingerprint density at radius 3 is 2.15 bits per heavy atom. The first-order valence-corrected chi connectivity index (χ1v) is 4.77. The van der Waals surface area contributed by atoms with Crippen molar-refractivity contribution >= 4 is 23.0 Å². The summed E-state index contributed by atoms with van der Waals surface area (Å²) in [6.45, 7) is 4.00. The van der Waals surface area contributed by atoms with Crippen LogP contribution in [0.4, 0.5) is 5.69 Å². The Balaban J connectivity index is 0.000000671. The molecule has 2 N–H and O–H groups in total. The quantitative estimate of drug-likeness (QED) is 0.675. The smallest absolute Gasteiger partial charge is 0.170 e. The first-order chi connectivity index (χ1) is 6.33. The highest BCUT2D eigenvalue weighted by Crippen LogP contribution is 2.03. The lowest BCUT2D eigenvalue weighted by molar-refractivity contribution is 1.20. The van der Waals surface area contributed by atoms with E-state index in [2.05, 4.69) is 10.6 Å². The average molecular weight is 196 g/mol. The van der Waals surface area contributed by atoms with Crippen molar-refractivity contribution < 1.29 is 0 Å². The third kappa shape index (κ3) is 5.20. The maximum atomic E-state index is 4.92. The SMILES string of the molecule is CC.CNC(=S)Nc1ccccc1. The number of hydrogen-bond donors (Lipinski definition) is 2. The lowest BCUT2D eigenvalue weighted by Crippen LogP contribution is -2.23. The third-order valence-electron chi connectivity index (χ3n) is 1.26. The summed E-state index contributed by atoms with van der Waals surface area (Å²) in [7, 11) is 1.79. The molecule has 0 saturated heterocycles. The zero-order valence-electron chi connectivity index (χ0n) is 8.29. The molecule has 0 unspecified atom stereocenters. The average Bonchev–Trinajstić information content (AvgIpc) is 2.22. The molecule has 0 bridgehead atoms. The summed E-state index contributed by atoms with van der Waals surface area (Å²) >= 11 is 4.92. The summed E-state index contributed by atoms with van der Waals surface area (Å²) < 4.78 is 0. The van der Waals surface area contributed by atoms with Crippen LogP contribution in [0.3, 0.4) is 0 Å². The summed E-state index contributed by atoms with van der Waals surface area (Å²) in [5.41, 5.74) is 1.01. The zero-order valence-corrected chi connectivity index (χ0v) is 9.11. The van der Waals surface area contributed by atoms with Crippen molar-refractivity contribution in [2.45, 2.75) is 13.8 Å². The van der Waals surface area contributed by atoms with Crippen molar-refractivity contribution in [3.05, 3.63) is 30.3 Å². The molecule has 0 aliphatic heterocycles. The van der Waals surface area contributed by atoms with E-state index in [0.717, 1.165) is 5.69 Å². The first-order valence-electron chi connectivity index (χ1n) is 4.36. The van der Waals surface area contributed by atoms with Crippen molar-refractivity contribution in [2.75, 3.05) is 12.4 Å². The second-order valence-electron chi connectivity index (χ2n) is 2.07. The van der Waals surface area contributed by atoms with E-state index in [4.69, 9.17) is 12.2 Å². The molecular formula is C10H16N2S. The predicted molar refractivity (Wildman–Crippen MR) is 63.1 cm³/mol. The van der Waals surface area contributed by atoms with Crippen molar-refractivity contribution in [3.63, 3.8) is 0 Å². The molecule has 1 rings (SSSR count). The molecule has 72 valence electrons. The summed E-state index contributed by atoms with van der Waals surface area (Å²) in [4.78, 5) is 0. The molecule has 0 spiro atoms. The van der Waals surface area contributed by atoms with Gasteiger partial charge in [-0.3, -0.25) is 0 Å². The standard InChI is InChI=1S/C8H10N2S.C2H6/c1-9-8(11)10-7-5-3-2-4-6-7;1-2/h2-6H,1H3,(H2,9,10,11);1-2H3. The van der Waals surface area contributed by atoms with Gasteiger partial charge in [-0.15, -0.1) is 0 Å². The molecule has 0 aliphatic carbocycles. The van der Waals surface area contributed by atoms with E-state index in [9.17, 15) is 0 Å². The Labute approximate surface area is 85.4 Å². The van der Waals surface area contributed by atoms with Crippen molar-refractivity contribution in [1.29, 1.82) is 0 Å². The monoisotopic (exact) mass is 196 g/mol. The van der Waals surface area contributed by atoms with Gasteiger partial charge in [0.1, 0.15) is 0 Å². The van der Waals surface area contributed by atoms with Gasteiger partial charge in [-0.25, -0.2) is 0 Å². The molecule has 2 nitrogen and oxygen atoms in total. The molecule has 1 aromatic carbocycles. The minimum absolute atomic E-state index is 0.635. The Kier molecular flexibility index (Phi) is 6.92. The van der Waals surface area contributed by atoms with Crippen LogP contribution in [0.2, 0.25) is 0 Å². The number of benzene rings is 1. The van der Waals surface area contributed by atoms with Crippen LogP contribution in [0.25, 0.3) is 0 Å². The fourth-order valence-corrected chi connectivity index (χ4v) is 0.833. The predicted octanol–water partition coefficient (Wildman–Crippen LogP) is 2.63. The number of thiocarbonyl (C=S) groups is 1. The largest absolute Gasteiger partial charge is 0.366 e. The van der Waals surface area contributed by atoms with E-state index in [1.165, 1.54) is 0 Å². The van der Waals surface area contributed by atoms with Crippen LogP contribution in [-0.4, -0.2) is 12.2 Å². The Hall–Kier alpha value is -1.09. The van der Waals surface area contributed by atoms with Crippen LogP contribution in [0.15, 0.2) is 30.3 Å². The minimum atomic E-state index is 0.635. The van der Waals surface area contributed by atoms with Crippen LogP contribution in [-0.2, 0) is 0 Å². The molecule has 0 radical (unpaired) electrons. The van der Waals surface area contributed by atoms with Gasteiger partial charge in [0.05, 0.1) is 0 Å². The molecule has 0 aromatic heterocycles. The van der Waals surface area contributed by atoms with Crippen LogP contribution in [0.1, 0.15) is 13.8 Å². The summed E-state index contributed by atoms with van der Waals surface area (Å²) in [5.74, 6) is 0. The number of rotatable bonds is 1. The van der Waals surface area contributed by atoms with E-state index >= 15 is 0 Å². The number of hydrogen-bond acceptors (Lipinski definition) is 1. The highest BCUT2D eigenvalue weighted by Gasteiger charge is 1.90. The van der Waals surface area contributed by atoms with E-state index in [-0.39, 0.29) is 0 Å². The molecule has 0 aliphatic rings. The van der Waals surface area contributed by atoms with Crippen LogP contribution < -0.4 is 10.6 Å². The van der Waals surface area contributed by atoms with E-state index in [1.54, 1.807) is 7.05 Å². The molecule has 13 heavy (non-hydrogen) atoms. The summed E-state index contributed by atoms with van der Waals surface area (Å²) in [6, 6.07) is 9.81. The normalized spacial score (nSPS) is 7.92. The van der Waals surface area contributed by atoms with Gasteiger partial charge >= 0.3 is 0 Å². The van der Waals surface area contributed by atoms with Crippen molar-refractivity contribution in [1.82, 2.24) is 5.32 Å². The zero-order chi connectivity index (χ0) is 10.1. The highest BCUT2D eigenvalue weighted by molar-refractivity contribution is 7.80. The van der Waals surface area contributed by atoms with Crippen LogP contribution in [0.5, 0.6) is 0 Å². The molecule has 3 heteroatoms. The van der Waals surface area contributed by atoms with Gasteiger partial charge in [-0.2, -0.15) is 0 Å². The fourth-order valence-electron chi connectivity index (χ4n) is 0.715. The van der Waals surface area contributed by atoms with Gasteiger partial charge in [0.25, 0.3) is 0 Å². The third-order valence-corrected chi connectivity index (χ3v) is 1.56. The Morgan fingerprint density at radius 1 is 1.15 bits per heavy atom. The molecule has 0 heterocycles. The van der Waals surface area contributed by atoms with Crippen molar-refractivity contribution in [3.8, 4) is 0 Å². The Morgan fingerprint density at radius 2 is 1.69 bits per heavy atom.